The summed E-state index contributed by atoms with van der Waals surface area (Å²) in [5.74, 6) is 0. The van der Waals surface area contributed by atoms with E-state index >= 15 is 0 Å². The highest BCUT2D eigenvalue weighted by molar-refractivity contribution is 5.72. The molecular weight excluding hydrogens is 224 g/mol. The number of hydrogen-bond acceptors (Lipinski definition) is 3. The van der Waals surface area contributed by atoms with Crippen LogP contribution in [0.2, 0.25) is 0 Å². The Balaban J connectivity index is 0.000000169. The third kappa shape index (κ3) is 3.63. The molecule has 2 N–H and O–H groups in total. The van der Waals surface area contributed by atoms with Gasteiger partial charge in [-0.05, 0) is 11.1 Å². The number of nitrogens with two attached hydrogens (primary N) is 1. The van der Waals surface area contributed by atoms with E-state index in [0.29, 0.717) is 12.6 Å². The lowest BCUT2D eigenvalue weighted by molar-refractivity contribution is 0.342. The Labute approximate surface area is 107 Å². The molecular formula is C15H16N2O. The Bertz CT molecular complexity index is 457. The Morgan fingerprint density at radius 2 is 1.33 bits per heavy atom. The highest BCUT2D eigenvalue weighted by atomic mass is 16.5. The zero-order valence-corrected chi connectivity index (χ0v) is 10.1. The van der Waals surface area contributed by atoms with E-state index in [0.717, 1.165) is 6.54 Å². The van der Waals surface area contributed by atoms with Gasteiger partial charge in [0.2, 0.25) is 0 Å². The molecule has 3 nitrogen and oxygen atoms in total. The van der Waals surface area contributed by atoms with Crippen LogP contribution in [-0.2, 0) is 4.74 Å². The molecule has 3 rings (SSSR count). The molecule has 0 aromatic heterocycles. The van der Waals surface area contributed by atoms with E-state index in [-0.39, 0.29) is 0 Å². The van der Waals surface area contributed by atoms with Crippen molar-refractivity contribution in [2.45, 2.75) is 0 Å². The van der Waals surface area contributed by atoms with E-state index in [2.05, 4.69) is 58.3 Å². The van der Waals surface area contributed by atoms with Crippen molar-refractivity contribution < 1.29 is 4.74 Å². The summed E-state index contributed by atoms with van der Waals surface area (Å²) in [6.45, 7) is 1.39. The third-order valence-corrected chi connectivity index (χ3v) is 2.49. The minimum absolute atomic E-state index is 0.329. The van der Waals surface area contributed by atoms with Gasteiger partial charge in [-0.15, -0.1) is 0 Å². The summed E-state index contributed by atoms with van der Waals surface area (Å²) in [5.41, 5.74) is 7.61. The smallest absolute Gasteiger partial charge is 0.282 e. The zero-order valence-electron chi connectivity index (χ0n) is 10.1. The SMILES string of the molecule is NC1=NCCO1.c1ccc(-c2ccccc2)cc1. The summed E-state index contributed by atoms with van der Waals surface area (Å²) in [6, 6.07) is 21.1. The lowest BCUT2D eigenvalue weighted by Gasteiger charge is -1.98. The van der Waals surface area contributed by atoms with Gasteiger partial charge in [0.1, 0.15) is 6.61 Å². The molecule has 0 aliphatic carbocycles. The number of rotatable bonds is 1. The molecule has 1 aliphatic rings. The molecule has 1 heterocycles. The van der Waals surface area contributed by atoms with Crippen LogP contribution in [0.4, 0.5) is 0 Å². The van der Waals surface area contributed by atoms with Crippen LogP contribution < -0.4 is 5.73 Å². The van der Waals surface area contributed by atoms with Crippen LogP contribution in [0.1, 0.15) is 0 Å². The van der Waals surface area contributed by atoms with E-state index in [9.17, 15) is 0 Å². The molecule has 0 unspecified atom stereocenters. The van der Waals surface area contributed by atoms with Crippen LogP contribution in [0, 0.1) is 0 Å². The summed E-state index contributed by atoms with van der Waals surface area (Å²) in [5, 5.41) is 0. The maximum absolute atomic E-state index is 5.06. The second kappa shape index (κ2) is 6.45. The normalized spacial score (nSPS) is 13.0. The average molecular weight is 240 g/mol. The maximum Gasteiger partial charge on any atom is 0.282 e. The van der Waals surface area contributed by atoms with Gasteiger partial charge < -0.3 is 10.5 Å². The number of nitrogens with zero attached hydrogens (tertiary/aromatic N) is 1. The first kappa shape index (κ1) is 12.2. The molecule has 2 aromatic rings. The molecule has 1 aliphatic heterocycles. The first-order chi connectivity index (χ1) is 8.86. The van der Waals surface area contributed by atoms with Crippen molar-refractivity contribution in [3.63, 3.8) is 0 Å². The van der Waals surface area contributed by atoms with E-state index in [4.69, 9.17) is 5.73 Å². The maximum atomic E-state index is 5.06. The second-order valence-corrected chi connectivity index (χ2v) is 3.80. The highest BCUT2D eigenvalue weighted by Gasteiger charge is 1.97. The number of hydrogen-bond donors (Lipinski definition) is 1. The molecule has 0 amide bonds. The van der Waals surface area contributed by atoms with Crippen molar-refractivity contribution in [2.24, 2.45) is 10.7 Å². The fourth-order valence-electron chi connectivity index (χ4n) is 1.61. The predicted octanol–water partition coefficient (Wildman–Crippen LogP) is 2.68. The van der Waals surface area contributed by atoms with Crippen molar-refractivity contribution in [1.29, 1.82) is 0 Å². The minimum Gasteiger partial charge on any atom is -0.463 e. The second-order valence-electron chi connectivity index (χ2n) is 3.80. The fourth-order valence-corrected chi connectivity index (χ4v) is 1.61. The standard InChI is InChI=1S/C12H10.C3H6N2O/c1-3-7-11(8-4-1)12-9-5-2-6-10-12;4-3-5-1-2-6-3/h1-10H;1-2H2,(H2,4,5). The molecule has 0 bridgehead atoms. The molecule has 0 saturated heterocycles. The Morgan fingerprint density at radius 3 is 1.61 bits per heavy atom. The lowest BCUT2D eigenvalue weighted by atomic mass is 10.1. The van der Waals surface area contributed by atoms with Gasteiger partial charge in [-0.2, -0.15) is 0 Å². The molecule has 2 aromatic carbocycles. The fraction of sp³-hybridized carbons (Fsp3) is 0.133. The summed E-state index contributed by atoms with van der Waals surface area (Å²) < 4.78 is 4.68. The molecule has 92 valence electrons. The van der Waals surface area contributed by atoms with E-state index in [1.54, 1.807) is 0 Å². The van der Waals surface area contributed by atoms with Crippen LogP contribution in [0.15, 0.2) is 65.7 Å². The van der Waals surface area contributed by atoms with Crippen LogP contribution in [-0.4, -0.2) is 19.2 Å². The van der Waals surface area contributed by atoms with Gasteiger partial charge in [0, 0.05) is 0 Å². The molecule has 0 spiro atoms. The number of ether oxygens (including phenoxy) is 1. The van der Waals surface area contributed by atoms with Crippen molar-refractivity contribution in [3.8, 4) is 11.1 Å². The van der Waals surface area contributed by atoms with E-state index in [1.807, 2.05) is 12.1 Å². The van der Waals surface area contributed by atoms with Gasteiger partial charge in [-0.3, -0.25) is 0 Å². The van der Waals surface area contributed by atoms with Gasteiger partial charge in [0.15, 0.2) is 0 Å². The van der Waals surface area contributed by atoms with E-state index in [1.165, 1.54) is 11.1 Å². The van der Waals surface area contributed by atoms with Crippen LogP contribution in [0.3, 0.4) is 0 Å². The Morgan fingerprint density at radius 1 is 0.833 bits per heavy atom. The Hall–Kier alpha value is -2.29. The highest BCUT2D eigenvalue weighted by Crippen LogP contribution is 2.17. The monoisotopic (exact) mass is 240 g/mol. The molecule has 3 heteroatoms. The molecule has 0 atom stereocenters. The van der Waals surface area contributed by atoms with Gasteiger partial charge in [0.05, 0.1) is 6.54 Å². The molecule has 0 saturated carbocycles. The first-order valence-electron chi connectivity index (χ1n) is 5.89. The van der Waals surface area contributed by atoms with Crippen LogP contribution in [0.25, 0.3) is 11.1 Å². The quantitative estimate of drug-likeness (QED) is 0.833. The van der Waals surface area contributed by atoms with Crippen LogP contribution >= 0.6 is 0 Å². The largest absolute Gasteiger partial charge is 0.463 e. The number of aliphatic imine (C=N–C) groups is 1. The number of amidine groups is 1. The van der Waals surface area contributed by atoms with Crippen molar-refractivity contribution in [3.05, 3.63) is 60.7 Å². The minimum atomic E-state index is 0.329. The van der Waals surface area contributed by atoms with Gasteiger partial charge >= 0.3 is 0 Å². The predicted molar refractivity (Wildman–Crippen MR) is 74.3 cm³/mol. The third-order valence-electron chi connectivity index (χ3n) is 2.49. The van der Waals surface area contributed by atoms with Crippen molar-refractivity contribution >= 4 is 6.02 Å². The topological polar surface area (TPSA) is 47.6 Å². The Kier molecular flexibility index (Phi) is 4.36. The van der Waals surface area contributed by atoms with Crippen molar-refractivity contribution in [2.75, 3.05) is 13.2 Å². The average Bonchev–Trinajstić information content (AvgIpc) is 2.93. The summed E-state index contributed by atoms with van der Waals surface area (Å²) >= 11 is 0. The zero-order chi connectivity index (χ0) is 12.6. The lowest BCUT2D eigenvalue weighted by Crippen LogP contribution is -2.10. The molecule has 0 fully saturated rings. The molecule has 0 radical (unpaired) electrons. The molecule has 18 heavy (non-hydrogen) atoms. The van der Waals surface area contributed by atoms with Crippen LogP contribution in [0.5, 0.6) is 0 Å². The van der Waals surface area contributed by atoms with Gasteiger partial charge in [-0.1, -0.05) is 60.7 Å². The van der Waals surface area contributed by atoms with Crippen molar-refractivity contribution in [1.82, 2.24) is 0 Å². The first-order valence-corrected chi connectivity index (χ1v) is 5.89. The summed E-state index contributed by atoms with van der Waals surface area (Å²) in [6.07, 6.45) is 0. The number of benzene rings is 2. The van der Waals surface area contributed by atoms with Gasteiger partial charge in [0.25, 0.3) is 6.02 Å². The summed E-state index contributed by atoms with van der Waals surface area (Å²) in [7, 11) is 0. The summed E-state index contributed by atoms with van der Waals surface area (Å²) in [4.78, 5) is 3.71. The van der Waals surface area contributed by atoms with E-state index < -0.39 is 0 Å². The van der Waals surface area contributed by atoms with Gasteiger partial charge in [-0.25, -0.2) is 4.99 Å².